The van der Waals surface area contributed by atoms with Gasteiger partial charge in [0.25, 0.3) is 0 Å². The van der Waals surface area contributed by atoms with Crippen LogP contribution >= 0.6 is 0 Å². The summed E-state index contributed by atoms with van der Waals surface area (Å²) in [5.74, 6) is -1.05. The summed E-state index contributed by atoms with van der Waals surface area (Å²) in [5, 5.41) is 16.6. The first-order valence-corrected chi connectivity index (χ1v) is 16.8. The molecule has 5 aromatic rings. The van der Waals surface area contributed by atoms with Crippen LogP contribution in [-0.4, -0.2) is 49.4 Å². The summed E-state index contributed by atoms with van der Waals surface area (Å²) in [4.78, 5) is 41.4. The topological polar surface area (TPSA) is 125 Å². The van der Waals surface area contributed by atoms with Gasteiger partial charge in [0.2, 0.25) is 17.7 Å². The van der Waals surface area contributed by atoms with Crippen LogP contribution in [0.2, 0.25) is 0 Å². The van der Waals surface area contributed by atoms with E-state index in [1.54, 1.807) is 0 Å². The molecular weight excluding hydrogens is 598 g/mol. The molecule has 0 aliphatic carbocycles. The number of carbonyl (C=O) groups is 3. The number of piperidine rings is 1. The second-order valence-electron chi connectivity index (χ2n) is 12.7. The van der Waals surface area contributed by atoms with Gasteiger partial charge < -0.3 is 27.0 Å². The van der Waals surface area contributed by atoms with Crippen molar-refractivity contribution in [2.75, 3.05) is 19.6 Å². The maximum absolute atomic E-state index is 14.2. The highest BCUT2D eigenvalue weighted by molar-refractivity contribution is 5.93. The molecule has 0 unspecified atom stereocenters. The average Bonchev–Trinajstić information content (AvgIpc) is 3.13. The quantitative estimate of drug-likeness (QED) is 0.137. The number of rotatable bonds is 12. The van der Waals surface area contributed by atoms with E-state index >= 15 is 0 Å². The van der Waals surface area contributed by atoms with Gasteiger partial charge in [0.1, 0.15) is 12.1 Å². The summed E-state index contributed by atoms with van der Waals surface area (Å²) in [6.45, 7) is 1.73. The molecule has 8 heteroatoms. The van der Waals surface area contributed by atoms with Crippen molar-refractivity contribution in [1.29, 1.82) is 0 Å². The van der Waals surface area contributed by atoms with Crippen molar-refractivity contribution in [2.45, 2.75) is 43.8 Å². The second-order valence-corrected chi connectivity index (χ2v) is 12.7. The number of carbonyl (C=O) groups excluding carboxylic acids is 3. The molecule has 0 radical (unpaired) electrons. The van der Waals surface area contributed by atoms with Crippen molar-refractivity contribution >= 4 is 39.3 Å². The monoisotopic (exact) mass is 641 g/mol. The molecular formula is C40H43N5O3. The lowest BCUT2D eigenvalue weighted by molar-refractivity contribution is -0.133. The highest BCUT2D eigenvalue weighted by atomic mass is 16.2. The Labute approximate surface area is 281 Å². The molecule has 0 spiro atoms. The van der Waals surface area contributed by atoms with Crippen molar-refractivity contribution in [1.82, 2.24) is 21.3 Å². The first-order chi connectivity index (χ1) is 23.4. The molecule has 0 bridgehead atoms. The summed E-state index contributed by atoms with van der Waals surface area (Å²) < 4.78 is 0. The first-order valence-electron chi connectivity index (χ1n) is 16.8. The van der Waals surface area contributed by atoms with Gasteiger partial charge in [-0.15, -0.1) is 0 Å². The smallest absolute Gasteiger partial charge is 0.243 e. The summed E-state index contributed by atoms with van der Waals surface area (Å²) in [7, 11) is 0. The fraction of sp³-hybridized carbons (Fsp3) is 0.275. The highest BCUT2D eigenvalue weighted by Crippen LogP contribution is 2.20. The molecule has 0 saturated carbocycles. The molecule has 246 valence electrons. The third-order valence-corrected chi connectivity index (χ3v) is 9.21. The van der Waals surface area contributed by atoms with Crippen LogP contribution in [0.4, 0.5) is 0 Å². The lowest BCUT2D eigenvalue weighted by Gasteiger charge is -2.27. The Bertz CT molecular complexity index is 1870. The van der Waals surface area contributed by atoms with E-state index in [9.17, 15) is 14.4 Å². The van der Waals surface area contributed by atoms with E-state index < -0.39 is 24.0 Å². The third kappa shape index (κ3) is 8.45. The minimum absolute atomic E-state index is 0.137. The maximum Gasteiger partial charge on any atom is 0.243 e. The largest absolute Gasteiger partial charge is 0.352 e. The van der Waals surface area contributed by atoms with Gasteiger partial charge >= 0.3 is 0 Å². The van der Waals surface area contributed by atoms with Crippen LogP contribution in [0.3, 0.4) is 0 Å². The second kappa shape index (κ2) is 15.7. The fourth-order valence-corrected chi connectivity index (χ4v) is 6.42. The van der Waals surface area contributed by atoms with Gasteiger partial charge in [-0.3, -0.25) is 14.4 Å². The predicted octanol–water partition coefficient (Wildman–Crippen LogP) is 4.56. The van der Waals surface area contributed by atoms with Crippen LogP contribution in [0.25, 0.3) is 21.5 Å². The standard InChI is InChI=1S/C40H43N5O3/c41-35(31-10-2-1-3-11-31)26-43-39(47)36(24-27-14-16-29-8-4-6-12-33(29)22-27)45-40(48)37(44-38(46)32-18-20-42-21-19-32)25-28-15-17-30-9-5-7-13-34(30)23-28/h1-17,22-23,32,35-37,42H,18-21,24-26,41H2,(H,43,47)(H,44,46)(H,45,48)/t35-,36+,37+/m0/s1. The van der Waals surface area contributed by atoms with Gasteiger partial charge in [-0.05, 0) is 64.2 Å². The summed E-state index contributed by atoms with van der Waals surface area (Å²) in [6, 6.07) is 35.6. The molecule has 0 aromatic heterocycles. The van der Waals surface area contributed by atoms with Crippen molar-refractivity contribution in [3.63, 3.8) is 0 Å². The lowest BCUT2D eigenvalue weighted by Crippen LogP contribution is -2.56. The van der Waals surface area contributed by atoms with E-state index in [2.05, 4.69) is 27.3 Å². The number of fused-ring (bicyclic) bond motifs is 2. The van der Waals surface area contributed by atoms with Crippen LogP contribution in [0.1, 0.15) is 35.6 Å². The Balaban J connectivity index is 1.24. The Morgan fingerprint density at radius 2 is 1.17 bits per heavy atom. The van der Waals surface area contributed by atoms with Crippen molar-refractivity contribution in [2.24, 2.45) is 11.7 Å². The van der Waals surface area contributed by atoms with Crippen molar-refractivity contribution in [3.05, 3.63) is 132 Å². The molecule has 6 rings (SSSR count). The van der Waals surface area contributed by atoms with Gasteiger partial charge in [0, 0.05) is 31.3 Å². The van der Waals surface area contributed by atoms with E-state index in [1.807, 2.05) is 109 Å². The van der Waals surface area contributed by atoms with Crippen LogP contribution in [0.15, 0.2) is 115 Å². The Hall–Kier alpha value is -5.05. The van der Waals surface area contributed by atoms with E-state index in [0.29, 0.717) is 12.8 Å². The molecule has 6 N–H and O–H groups in total. The summed E-state index contributed by atoms with van der Waals surface area (Å²) >= 11 is 0. The fourth-order valence-electron chi connectivity index (χ4n) is 6.42. The molecule has 1 heterocycles. The van der Waals surface area contributed by atoms with Gasteiger partial charge in [-0.25, -0.2) is 0 Å². The number of benzene rings is 5. The van der Waals surface area contributed by atoms with Crippen LogP contribution in [0.5, 0.6) is 0 Å². The van der Waals surface area contributed by atoms with E-state index in [4.69, 9.17) is 5.73 Å². The predicted molar refractivity (Wildman–Crippen MR) is 191 cm³/mol. The van der Waals surface area contributed by atoms with Gasteiger partial charge in [0.15, 0.2) is 0 Å². The molecule has 1 aliphatic heterocycles. The molecule has 48 heavy (non-hydrogen) atoms. The van der Waals surface area contributed by atoms with Gasteiger partial charge in [-0.2, -0.15) is 0 Å². The number of amides is 3. The minimum Gasteiger partial charge on any atom is -0.352 e. The SMILES string of the molecule is N[C@@H](CNC(=O)[C@@H](Cc1ccc2ccccc2c1)NC(=O)[C@@H](Cc1ccc2ccccc2c1)NC(=O)C1CCNCC1)c1ccccc1. The Morgan fingerprint density at radius 1 is 0.646 bits per heavy atom. The summed E-state index contributed by atoms with van der Waals surface area (Å²) in [5.41, 5.74) is 9.14. The maximum atomic E-state index is 14.2. The first kappa shape index (κ1) is 32.9. The van der Waals surface area contributed by atoms with Crippen LogP contribution < -0.4 is 27.0 Å². The van der Waals surface area contributed by atoms with Crippen molar-refractivity contribution < 1.29 is 14.4 Å². The molecule has 5 aromatic carbocycles. The third-order valence-electron chi connectivity index (χ3n) is 9.21. The van der Waals surface area contributed by atoms with Gasteiger partial charge in [0.05, 0.1) is 0 Å². The number of hydrogen-bond donors (Lipinski definition) is 5. The average molecular weight is 642 g/mol. The zero-order chi connectivity index (χ0) is 33.3. The van der Waals surface area contributed by atoms with Gasteiger partial charge in [-0.1, -0.05) is 115 Å². The van der Waals surface area contributed by atoms with Crippen LogP contribution in [-0.2, 0) is 27.2 Å². The molecule has 8 nitrogen and oxygen atoms in total. The Kier molecular flexibility index (Phi) is 10.7. The zero-order valence-corrected chi connectivity index (χ0v) is 27.0. The number of nitrogens with one attached hydrogen (secondary N) is 4. The van der Waals surface area contributed by atoms with Crippen LogP contribution in [0, 0.1) is 5.92 Å². The zero-order valence-electron chi connectivity index (χ0n) is 27.0. The summed E-state index contributed by atoms with van der Waals surface area (Å²) in [6.07, 6.45) is 1.99. The van der Waals surface area contributed by atoms with E-state index in [1.165, 1.54) is 0 Å². The lowest BCUT2D eigenvalue weighted by atomic mass is 9.95. The van der Waals surface area contributed by atoms with E-state index in [-0.39, 0.29) is 37.1 Å². The van der Waals surface area contributed by atoms with E-state index in [0.717, 1.165) is 51.3 Å². The Morgan fingerprint density at radius 3 is 1.75 bits per heavy atom. The number of hydrogen-bond acceptors (Lipinski definition) is 5. The molecule has 1 fully saturated rings. The molecule has 1 saturated heterocycles. The normalized spacial score (nSPS) is 15.4. The van der Waals surface area contributed by atoms with Crippen molar-refractivity contribution in [3.8, 4) is 0 Å². The molecule has 1 aliphatic rings. The number of nitrogens with two attached hydrogens (primary N) is 1. The minimum atomic E-state index is -0.892. The molecule has 3 amide bonds. The molecule has 3 atom stereocenters. The highest BCUT2D eigenvalue weighted by Gasteiger charge is 2.30.